The summed E-state index contributed by atoms with van der Waals surface area (Å²) in [7, 11) is 1.60. The molecule has 1 amide bonds. The number of amides is 1. The Bertz CT molecular complexity index is 657. The Morgan fingerprint density at radius 2 is 1.83 bits per heavy atom. The number of anilines is 1. The van der Waals surface area contributed by atoms with Gasteiger partial charge in [0.05, 0.1) is 13.7 Å². The van der Waals surface area contributed by atoms with Crippen LogP contribution in [0, 0.1) is 11.6 Å². The molecule has 0 atom stereocenters. The topological polar surface area (TPSA) is 50.4 Å². The lowest BCUT2D eigenvalue weighted by Crippen LogP contribution is -2.30. The van der Waals surface area contributed by atoms with Crippen molar-refractivity contribution in [1.82, 2.24) is 5.32 Å². The quantitative estimate of drug-likeness (QED) is 0.771. The van der Waals surface area contributed by atoms with Gasteiger partial charge in [-0.15, -0.1) is 0 Å². The Morgan fingerprint density at radius 1 is 1.13 bits per heavy atom. The highest BCUT2D eigenvalue weighted by Crippen LogP contribution is 2.17. The number of ether oxygens (including phenoxy) is 1. The van der Waals surface area contributed by atoms with Crippen LogP contribution in [0.15, 0.2) is 42.5 Å². The van der Waals surface area contributed by atoms with Crippen molar-refractivity contribution < 1.29 is 18.3 Å². The molecule has 2 N–H and O–H groups in total. The molecule has 0 spiro atoms. The van der Waals surface area contributed by atoms with Gasteiger partial charge in [-0.2, -0.15) is 0 Å². The predicted molar refractivity (Wildman–Crippen MR) is 84.6 cm³/mol. The summed E-state index contributed by atoms with van der Waals surface area (Å²) in [6.45, 7) is 0.526. The third-order valence-electron chi connectivity index (χ3n) is 3.24. The molecule has 2 aromatic carbocycles. The summed E-state index contributed by atoms with van der Waals surface area (Å²) in [5.41, 5.74) is 0.643. The fraction of sp³-hybridized carbons (Fsp3) is 0.235. The minimum Gasteiger partial charge on any atom is -0.497 e. The molecule has 23 heavy (non-hydrogen) atoms. The SMILES string of the molecule is COc1cccc(CCNCC(=O)Nc2c(F)cccc2F)c1. The lowest BCUT2D eigenvalue weighted by molar-refractivity contribution is -0.115. The first-order chi connectivity index (χ1) is 11.1. The van der Waals surface area contributed by atoms with E-state index in [0.717, 1.165) is 23.4 Å². The summed E-state index contributed by atoms with van der Waals surface area (Å²) in [5, 5.41) is 5.16. The molecule has 0 aliphatic heterocycles. The highest BCUT2D eigenvalue weighted by molar-refractivity contribution is 5.92. The zero-order chi connectivity index (χ0) is 16.7. The molecule has 0 saturated carbocycles. The molecule has 0 bridgehead atoms. The number of carbonyl (C=O) groups excluding carboxylic acids is 1. The number of para-hydroxylation sites is 1. The summed E-state index contributed by atoms with van der Waals surface area (Å²) >= 11 is 0. The summed E-state index contributed by atoms with van der Waals surface area (Å²) in [4.78, 5) is 11.7. The van der Waals surface area contributed by atoms with Crippen molar-refractivity contribution in [3.8, 4) is 5.75 Å². The molecule has 4 nitrogen and oxygen atoms in total. The summed E-state index contributed by atoms with van der Waals surface area (Å²) in [6, 6.07) is 11.0. The first-order valence-corrected chi connectivity index (χ1v) is 7.17. The van der Waals surface area contributed by atoms with Gasteiger partial charge >= 0.3 is 0 Å². The summed E-state index contributed by atoms with van der Waals surface area (Å²) in [5.74, 6) is -1.32. The maximum absolute atomic E-state index is 13.4. The van der Waals surface area contributed by atoms with Crippen LogP contribution < -0.4 is 15.4 Å². The van der Waals surface area contributed by atoms with Gasteiger partial charge in [0.2, 0.25) is 5.91 Å². The number of hydrogen-bond donors (Lipinski definition) is 2. The van der Waals surface area contributed by atoms with Crippen molar-refractivity contribution in [3.63, 3.8) is 0 Å². The van der Waals surface area contributed by atoms with Crippen molar-refractivity contribution in [2.24, 2.45) is 0 Å². The van der Waals surface area contributed by atoms with Crippen LogP contribution >= 0.6 is 0 Å². The van der Waals surface area contributed by atoms with E-state index < -0.39 is 23.2 Å². The van der Waals surface area contributed by atoms with Crippen LogP contribution in [0.2, 0.25) is 0 Å². The molecule has 0 aliphatic rings. The molecular weight excluding hydrogens is 302 g/mol. The third-order valence-corrected chi connectivity index (χ3v) is 3.24. The number of nitrogens with one attached hydrogen (secondary N) is 2. The van der Waals surface area contributed by atoms with Gasteiger partial charge in [0, 0.05) is 0 Å². The minimum atomic E-state index is -0.797. The molecule has 0 aromatic heterocycles. The fourth-order valence-corrected chi connectivity index (χ4v) is 2.06. The van der Waals surface area contributed by atoms with E-state index in [1.165, 1.54) is 6.07 Å². The summed E-state index contributed by atoms with van der Waals surface area (Å²) in [6.07, 6.45) is 0.707. The molecule has 0 heterocycles. The number of halogens is 2. The molecule has 2 aromatic rings. The maximum Gasteiger partial charge on any atom is 0.238 e. The van der Waals surface area contributed by atoms with E-state index in [2.05, 4.69) is 10.6 Å². The van der Waals surface area contributed by atoms with Crippen LogP contribution in [0.3, 0.4) is 0 Å². The smallest absolute Gasteiger partial charge is 0.238 e. The monoisotopic (exact) mass is 320 g/mol. The van der Waals surface area contributed by atoms with Crippen LogP contribution in [0.4, 0.5) is 14.5 Å². The zero-order valence-corrected chi connectivity index (χ0v) is 12.7. The van der Waals surface area contributed by atoms with Crippen molar-refractivity contribution in [3.05, 3.63) is 59.7 Å². The Hall–Kier alpha value is -2.47. The minimum absolute atomic E-state index is 0.0300. The molecule has 2 rings (SSSR count). The van der Waals surface area contributed by atoms with E-state index in [-0.39, 0.29) is 6.54 Å². The Kier molecular flexibility index (Phi) is 6.05. The van der Waals surface area contributed by atoms with E-state index in [4.69, 9.17) is 4.74 Å². The largest absolute Gasteiger partial charge is 0.497 e. The van der Waals surface area contributed by atoms with Gasteiger partial charge in [-0.25, -0.2) is 8.78 Å². The van der Waals surface area contributed by atoms with Crippen LogP contribution in [0.25, 0.3) is 0 Å². The van der Waals surface area contributed by atoms with Crippen molar-refractivity contribution in [2.75, 3.05) is 25.5 Å². The molecule has 0 radical (unpaired) electrons. The van der Waals surface area contributed by atoms with Gasteiger partial charge in [0.1, 0.15) is 23.1 Å². The van der Waals surface area contributed by atoms with E-state index >= 15 is 0 Å². The predicted octanol–water partition coefficient (Wildman–Crippen LogP) is 2.74. The average molecular weight is 320 g/mol. The fourth-order valence-electron chi connectivity index (χ4n) is 2.06. The standard InChI is InChI=1S/C17H18F2N2O2/c1-23-13-5-2-4-12(10-13)8-9-20-11-16(22)21-17-14(18)6-3-7-15(17)19/h2-7,10,20H,8-9,11H2,1H3,(H,21,22). The first-order valence-electron chi connectivity index (χ1n) is 7.17. The third kappa shape index (κ3) is 5.03. The average Bonchev–Trinajstić information content (AvgIpc) is 2.55. The second kappa shape index (κ2) is 8.24. The number of rotatable bonds is 7. The van der Waals surface area contributed by atoms with Gasteiger partial charge in [-0.1, -0.05) is 18.2 Å². The van der Waals surface area contributed by atoms with Gasteiger partial charge in [-0.3, -0.25) is 4.79 Å². The number of methoxy groups -OCH3 is 1. The normalized spacial score (nSPS) is 10.4. The van der Waals surface area contributed by atoms with Crippen LogP contribution in [-0.2, 0) is 11.2 Å². The number of benzene rings is 2. The molecule has 6 heteroatoms. The van der Waals surface area contributed by atoms with Gasteiger partial charge in [0.15, 0.2) is 0 Å². The Balaban J connectivity index is 1.76. The van der Waals surface area contributed by atoms with Crippen LogP contribution in [0.5, 0.6) is 5.75 Å². The highest BCUT2D eigenvalue weighted by Gasteiger charge is 2.11. The lowest BCUT2D eigenvalue weighted by atomic mass is 10.1. The molecule has 0 aliphatic carbocycles. The van der Waals surface area contributed by atoms with Crippen molar-refractivity contribution in [1.29, 1.82) is 0 Å². The van der Waals surface area contributed by atoms with Crippen LogP contribution in [0.1, 0.15) is 5.56 Å². The van der Waals surface area contributed by atoms with Crippen molar-refractivity contribution in [2.45, 2.75) is 6.42 Å². The highest BCUT2D eigenvalue weighted by atomic mass is 19.1. The van der Waals surface area contributed by atoms with E-state index in [0.29, 0.717) is 13.0 Å². The Labute approximate surface area is 133 Å². The van der Waals surface area contributed by atoms with Crippen molar-refractivity contribution >= 4 is 11.6 Å². The van der Waals surface area contributed by atoms with Gasteiger partial charge in [0.25, 0.3) is 0 Å². The zero-order valence-electron chi connectivity index (χ0n) is 12.7. The molecule has 0 unspecified atom stereocenters. The second-order valence-electron chi connectivity index (χ2n) is 4.92. The number of hydrogen-bond acceptors (Lipinski definition) is 3. The first kappa shape index (κ1) is 16.9. The molecule has 0 fully saturated rings. The second-order valence-corrected chi connectivity index (χ2v) is 4.92. The lowest BCUT2D eigenvalue weighted by Gasteiger charge is -2.09. The number of carbonyl (C=O) groups is 1. The molecule has 122 valence electrons. The Morgan fingerprint density at radius 3 is 2.52 bits per heavy atom. The van der Waals surface area contributed by atoms with E-state index in [1.807, 2.05) is 24.3 Å². The maximum atomic E-state index is 13.4. The van der Waals surface area contributed by atoms with Gasteiger partial charge in [-0.05, 0) is 42.8 Å². The van der Waals surface area contributed by atoms with Crippen LogP contribution in [-0.4, -0.2) is 26.1 Å². The molecular formula is C17H18F2N2O2. The summed E-state index contributed by atoms with van der Waals surface area (Å²) < 4.78 is 31.9. The van der Waals surface area contributed by atoms with E-state index in [9.17, 15) is 13.6 Å². The molecule has 0 saturated heterocycles. The van der Waals surface area contributed by atoms with E-state index in [1.54, 1.807) is 7.11 Å². The van der Waals surface area contributed by atoms with Gasteiger partial charge < -0.3 is 15.4 Å².